The Kier molecular flexibility index (Phi) is 19.5. The quantitative estimate of drug-likeness (QED) is 0.222. The van der Waals surface area contributed by atoms with E-state index in [0.29, 0.717) is 12.8 Å². The van der Waals surface area contributed by atoms with Crippen LogP contribution in [-0.2, 0) is 9.59 Å². The van der Waals surface area contributed by atoms with E-state index < -0.39 is 0 Å². The summed E-state index contributed by atoms with van der Waals surface area (Å²) in [5, 5.41) is 2.18. The van der Waals surface area contributed by atoms with Crippen molar-refractivity contribution in [3.8, 4) is 0 Å². The topological polar surface area (TPSA) is 46.2 Å². The van der Waals surface area contributed by atoms with Crippen molar-refractivity contribution in [3.05, 3.63) is 0 Å². The summed E-state index contributed by atoms with van der Waals surface area (Å²) in [4.78, 5) is 21.1. The van der Waals surface area contributed by atoms with Gasteiger partial charge in [0.05, 0.1) is 0 Å². The number of imide groups is 1. The van der Waals surface area contributed by atoms with Crippen LogP contribution in [0.3, 0.4) is 0 Å². The van der Waals surface area contributed by atoms with Crippen LogP contribution in [0.15, 0.2) is 0 Å². The van der Waals surface area contributed by atoms with Gasteiger partial charge in [-0.25, -0.2) is 0 Å². The number of rotatable bonds is 19. The zero-order valence-electron chi connectivity index (χ0n) is 16.1. The molecule has 2 amide bonds. The second kappa shape index (κ2) is 20.2. The SMILES string of the molecule is CCCCCCCCCCCCCCCCCCCC(=O)NC=O. The van der Waals surface area contributed by atoms with E-state index in [2.05, 4.69) is 12.2 Å². The monoisotopic (exact) mass is 339 g/mol. The Morgan fingerprint density at radius 2 is 0.958 bits per heavy atom. The maximum Gasteiger partial charge on any atom is 0.226 e. The van der Waals surface area contributed by atoms with Gasteiger partial charge >= 0.3 is 0 Å². The molecule has 0 fully saturated rings. The average Bonchev–Trinajstić information content (AvgIpc) is 2.58. The molecule has 0 aliphatic heterocycles. The first kappa shape index (κ1) is 23.1. The highest BCUT2D eigenvalue weighted by Crippen LogP contribution is 2.14. The van der Waals surface area contributed by atoms with Gasteiger partial charge in [-0.3, -0.25) is 14.9 Å². The molecule has 0 aliphatic rings. The molecule has 0 heterocycles. The van der Waals surface area contributed by atoms with Crippen LogP contribution in [0.25, 0.3) is 0 Å². The average molecular weight is 340 g/mol. The minimum absolute atomic E-state index is 0.147. The van der Waals surface area contributed by atoms with Crippen LogP contribution in [0.5, 0.6) is 0 Å². The van der Waals surface area contributed by atoms with Crippen molar-refractivity contribution >= 4 is 12.3 Å². The van der Waals surface area contributed by atoms with Crippen LogP contribution in [0.1, 0.15) is 122 Å². The summed E-state index contributed by atoms with van der Waals surface area (Å²) >= 11 is 0. The van der Waals surface area contributed by atoms with Crippen LogP contribution < -0.4 is 5.32 Å². The van der Waals surface area contributed by atoms with Gasteiger partial charge in [0, 0.05) is 6.42 Å². The van der Waals surface area contributed by atoms with Crippen LogP contribution in [0.4, 0.5) is 0 Å². The molecule has 0 atom stereocenters. The molecule has 0 unspecified atom stereocenters. The second-order valence-electron chi connectivity index (χ2n) is 7.09. The number of amides is 2. The molecule has 24 heavy (non-hydrogen) atoms. The van der Waals surface area contributed by atoms with Crippen molar-refractivity contribution in [2.75, 3.05) is 0 Å². The van der Waals surface area contributed by atoms with Crippen molar-refractivity contribution in [3.63, 3.8) is 0 Å². The number of hydrogen-bond acceptors (Lipinski definition) is 2. The van der Waals surface area contributed by atoms with E-state index in [1.165, 1.54) is 96.3 Å². The molecule has 1 N–H and O–H groups in total. The van der Waals surface area contributed by atoms with Crippen molar-refractivity contribution < 1.29 is 9.59 Å². The van der Waals surface area contributed by atoms with Gasteiger partial charge < -0.3 is 0 Å². The first-order valence-corrected chi connectivity index (χ1v) is 10.5. The first-order valence-electron chi connectivity index (χ1n) is 10.5. The number of nitrogens with one attached hydrogen (secondary N) is 1. The highest BCUT2D eigenvalue weighted by atomic mass is 16.2. The lowest BCUT2D eigenvalue weighted by Crippen LogP contribution is -2.20. The van der Waals surface area contributed by atoms with Gasteiger partial charge in [-0.05, 0) is 6.42 Å². The maximum absolute atomic E-state index is 11.1. The molecule has 0 bridgehead atoms. The van der Waals surface area contributed by atoms with E-state index in [4.69, 9.17) is 0 Å². The van der Waals surface area contributed by atoms with Crippen LogP contribution in [-0.4, -0.2) is 12.3 Å². The summed E-state index contributed by atoms with van der Waals surface area (Å²) in [6, 6.07) is 0. The molecule has 0 radical (unpaired) electrons. The maximum atomic E-state index is 11.1. The minimum atomic E-state index is -0.147. The molecular formula is C21H41NO2. The third-order valence-electron chi connectivity index (χ3n) is 4.73. The molecular weight excluding hydrogens is 298 g/mol. The van der Waals surface area contributed by atoms with Crippen molar-refractivity contribution in [1.29, 1.82) is 0 Å². The molecule has 0 saturated carbocycles. The smallest absolute Gasteiger partial charge is 0.226 e. The molecule has 0 spiro atoms. The van der Waals surface area contributed by atoms with E-state index in [1.807, 2.05) is 0 Å². The van der Waals surface area contributed by atoms with Gasteiger partial charge in [0.2, 0.25) is 12.3 Å². The molecule has 0 aliphatic carbocycles. The standard InChI is InChI=1S/C21H41NO2/c1-2-3-4-5-6-7-8-9-10-11-12-13-14-15-16-17-18-19-21(24)22-20-23/h20H,2-19H2,1H3,(H,22,23,24). The van der Waals surface area contributed by atoms with Crippen molar-refractivity contribution in [1.82, 2.24) is 5.32 Å². The second-order valence-corrected chi connectivity index (χ2v) is 7.09. The fraction of sp³-hybridized carbons (Fsp3) is 0.905. The van der Waals surface area contributed by atoms with Crippen LogP contribution in [0, 0.1) is 0 Å². The molecule has 3 nitrogen and oxygen atoms in total. The van der Waals surface area contributed by atoms with Crippen molar-refractivity contribution in [2.45, 2.75) is 122 Å². The van der Waals surface area contributed by atoms with Gasteiger partial charge in [-0.2, -0.15) is 0 Å². The van der Waals surface area contributed by atoms with Gasteiger partial charge in [0.15, 0.2) is 0 Å². The van der Waals surface area contributed by atoms with Gasteiger partial charge in [-0.15, -0.1) is 0 Å². The Hall–Kier alpha value is -0.860. The lowest BCUT2D eigenvalue weighted by Gasteiger charge is -2.03. The zero-order valence-corrected chi connectivity index (χ0v) is 16.1. The summed E-state index contributed by atoms with van der Waals surface area (Å²) in [6.07, 6.45) is 23.7. The molecule has 0 rings (SSSR count). The van der Waals surface area contributed by atoms with Gasteiger partial charge in [0.25, 0.3) is 0 Å². The molecule has 0 aromatic heterocycles. The van der Waals surface area contributed by atoms with Gasteiger partial charge in [0.1, 0.15) is 0 Å². The number of carbonyl (C=O) groups excluding carboxylic acids is 2. The predicted octanol–water partition coefficient (Wildman–Crippen LogP) is 6.30. The Morgan fingerprint density at radius 3 is 1.29 bits per heavy atom. The van der Waals surface area contributed by atoms with Gasteiger partial charge in [-0.1, -0.05) is 110 Å². The molecule has 0 aromatic rings. The summed E-state index contributed by atoms with van der Waals surface area (Å²) < 4.78 is 0. The number of unbranched alkanes of at least 4 members (excludes halogenated alkanes) is 16. The molecule has 0 aromatic carbocycles. The lowest BCUT2D eigenvalue weighted by molar-refractivity contribution is -0.125. The van der Waals surface area contributed by atoms with Crippen molar-refractivity contribution in [2.24, 2.45) is 0 Å². The van der Waals surface area contributed by atoms with E-state index in [1.54, 1.807) is 0 Å². The summed E-state index contributed by atoms with van der Waals surface area (Å²) in [5.74, 6) is -0.147. The lowest BCUT2D eigenvalue weighted by atomic mass is 10.0. The predicted molar refractivity (Wildman–Crippen MR) is 103 cm³/mol. The fourth-order valence-corrected chi connectivity index (χ4v) is 3.15. The fourth-order valence-electron chi connectivity index (χ4n) is 3.15. The third-order valence-corrected chi connectivity index (χ3v) is 4.73. The Bertz CT molecular complexity index is 279. The first-order chi connectivity index (χ1) is 11.8. The minimum Gasteiger partial charge on any atom is -0.299 e. The number of carbonyl (C=O) groups is 2. The summed E-state index contributed by atoms with van der Waals surface area (Å²) in [5.41, 5.74) is 0. The summed E-state index contributed by atoms with van der Waals surface area (Å²) in [7, 11) is 0. The van der Waals surface area contributed by atoms with E-state index in [0.717, 1.165) is 12.8 Å². The normalized spacial score (nSPS) is 10.7. The molecule has 3 heteroatoms. The highest BCUT2D eigenvalue weighted by Gasteiger charge is 1.99. The Labute approximate surface area is 150 Å². The van der Waals surface area contributed by atoms with Crippen LogP contribution in [0.2, 0.25) is 0 Å². The zero-order chi connectivity index (χ0) is 17.7. The largest absolute Gasteiger partial charge is 0.299 e. The van der Waals surface area contributed by atoms with E-state index in [-0.39, 0.29) is 5.91 Å². The summed E-state index contributed by atoms with van der Waals surface area (Å²) in [6.45, 7) is 2.28. The Balaban J connectivity index is 3.02. The third kappa shape index (κ3) is 19.2. The van der Waals surface area contributed by atoms with Crippen LogP contribution >= 0.6 is 0 Å². The molecule has 142 valence electrons. The number of hydrogen-bond donors (Lipinski definition) is 1. The highest BCUT2D eigenvalue weighted by molar-refractivity contribution is 5.85. The Morgan fingerprint density at radius 1 is 0.625 bits per heavy atom. The van der Waals surface area contributed by atoms with E-state index in [9.17, 15) is 9.59 Å². The van der Waals surface area contributed by atoms with E-state index >= 15 is 0 Å². The molecule has 0 saturated heterocycles.